The lowest BCUT2D eigenvalue weighted by Crippen LogP contribution is -2.45. The SMILES string of the molecule is CC(C)[C@@H]1CC[C@@H](C)C[C@H]1NC(=O)c1cccc(C(F)(F)F)c1. The number of rotatable bonds is 3. The van der Waals surface area contributed by atoms with E-state index in [0.29, 0.717) is 17.8 Å². The molecule has 1 aliphatic rings. The molecular weight excluding hydrogens is 303 g/mol. The number of carbonyl (C=O) groups is 1. The molecule has 0 aliphatic heterocycles. The van der Waals surface area contributed by atoms with Gasteiger partial charge in [0.2, 0.25) is 0 Å². The summed E-state index contributed by atoms with van der Waals surface area (Å²) in [5.41, 5.74) is -0.719. The molecule has 0 unspecified atom stereocenters. The summed E-state index contributed by atoms with van der Waals surface area (Å²) in [5, 5.41) is 2.97. The van der Waals surface area contributed by atoms with Crippen LogP contribution in [0.25, 0.3) is 0 Å². The third-order valence-electron chi connectivity index (χ3n) is 4.79. The predicted octanol–water partition coefficient (Wildman–Crippen LogP) is 4.90. The Balaban J connectivity index is 2.14. The Hall–Kier alpha value is -1.52. The minimum atomic E-state index is -4.43. The highest BCUT2D eigenvalue weighted by molar-refractivity contribution is 5.94. The maximum absolute atomic E-state index is 12.8. The van der Waals surface area contributed by atoms with E-state index in [-0.39, 0.29) is 11.6 Å². The molecule has 0 aromatic heterocycles. The van der Waals surface area contributed by atoms with Crippen molar-refractivity contribution in [2.24, 2.45) is 17.8 Å². The van der Waals surface area contributed by atoms with E-state index in [1.54, 1.807) is 0 Å². The van der Waals surface area contributed by atoms with Gasteiger partial charge in [-0.25, -0.2) is 0 Å². The topological polar surface area (TPSA) is 29.1 Å². The van der Waals surface area contributed by atoms with Crippen molar-refractivity contribution in [3.8, 4) is 0 Å². The summed E-state index contributed by atoms with van der Waals surface area (Å²) in [4.78, 5) is 12.4. The van der Waals surface area contributed by atoms with E-state index in [1.165, 1.54) is 12.1 Å². The van der Waals surface area contributed by atoms with Crippen molar-refractivity contribution < 1.29 is 18.0 Å². The minimum Gasteiger partial charge on any atom is -0.349 e. The van der Waals surface area contributed by atoms with Gasteiger partial charge in [-0.05, 0) is 48.8 Å². The fourth-order valence-corrected chi connectivity index (χ4v) is 3.46. The van der Waals surface area contributed by atoms with Gasteiger partial charge in [0.1, 0.15) is 0 Å². The van der Waals surface area contributed by atoms with Gasteiger partial charge in [-0.3, -0.25) is 4.79 Å². The van der Waals surface area contributed by atoms with E-state index in [1.807, 2.05) is 0 Å². The molecule has 5 heteroatoms. The van der Waals surface area contributed by atoms with Crippen LogP contribution in [0.3, 0.4) is 0 Å². The normalized spacial score (nSPS) is 25.4. The molecule has 1 aromatic carbocycles. The van der Waals surface area contributed by atoms with Crippen LogP contribution in [0, 0.1) is 17.8 Å². The molecule has 1 fully saturated rings. The van der Waals surface area contributed by atoms with Crippen molar-refractivity contribution in [3.05, 3.63) is 35.4 Å². The fourth-order valence-electron chi connectivity index (χ4n) is 3.46. The molecule has 2 nitrogen and oxygen atoms in total. The van der Waals surface area contributed by atoms with Crippen LogP contribution in [0.2, 0.25) is 0 Å². The first-order valence-corrected chi connectivity index (χ1v) is 8.16. The monoisotopic (exact) mass is 327 g/mol. The zero-order chi connectivity index (χ0) is 17.2. The Kier molecular flexibility index (Phi) is 5.37. The molecule has 0 bridgehead atoms. The van der Waals surface area contributed by atoms with Crippen LogP contribution in [0.4, 0.5) is 13.2 Å². The van der Waals surface area contributed by atoms with Gasteiger partial charge in [-0.1, -0.05) is 33.3 Å². The van der Waals surface area contributed by atoms with Gasteiger partial charge in [-0.15, -0.1) is 0 Å². The molecule has 0 saturated heterocycles. The second-order valence-electron chi connectivity index (χ2n) is 6.98. The van der Waals surface area contributed by atoms with E-state index in [0.717, 1.165) is 31.4 Å². The first-order valence-electron chi connectivity index (χ1n) is 8.16. The van der Waals surface area contributed by atoms with E-state index in [2.05, 4.69) is 26.1 Å². The number of hydrogen-bond donors (Lipinski definition) is 1. The lowest BCUT2D eigenvalue weighted by atomic mass is 9.74. The molecule has 2 rings (SSSR count). The standard InChI is InChI=1S/C18H24F3NO/c1-11(2)15-8-7-12(3)9-16(15)22-17(23)13-5-4-6-14(10-13)18(19,20)21/h4-6,10-12,15-16H,7-9H2,1-3H3,(H,22,23)/t12-,15+,16-/m1/s1. The first kappa shape index (κ1) is 17.8. The van der Waals surface area contributed by atoms with E-state index >= 15 is 0 Å². The first-order chi connectivity index (χ1) is 10.7. The van der Waals surface area contributed by atoms with Gasteiger partial charge in [0.15, 0.2) is 0 Å². The molecule has 0 spiro atoms. The van der Waals surface area contributed by atoms with Crippen molar-refractivity contribution in [1.29, 1.82) is 0 Å². The number of halogens is 3. The highest BCUT2D eigenvalue weighted by Crippen LogP contribution is 2.34. The molecule has 1 aliphatic carbocycles. The molecule has 0 radical (unpaired) electrons. The maximum atomic E-state index is 12.8. The van der Waals surface area contributed by atoms with Crippen LogP contribution in [0.15, 0.2) is 24.3 Å². The number of hydrogen-bond acceptors (Lipinski definition) is 1. The average molecular weight is 327 g/mol. The smallest absolute Gasteiger partial charge is 0.349 e. The molecule has 1 N–H and O–H groups in total. The number of amides is 1. The molecule has 1 saturated carbocycles. The molecule has 23 heavy (non-hydrogen) atoms. The lowest BCUT2D eigenvalue weighted by molar-refractivity contribution is -0.137. The van der Waals surface area contributed by atoms with Gasteiger partial charge in [0.05, 0.1) is 5.56 Å². The second-order valence-corrected chi connectivity index (χ2v) is 6.98. The Morgan fingerprint density at radius 2 is 1.96 bits per heavy atom. The van der Waals surface area contributed by atoms with Gasteiger partial charge in [0, 0.05) is 11.6 Å². The van der Waals surface area contributed by atoms with Crippen molar-refractivity contribution >= 4 is 5.91 Å². The number of alkyl halides is 3. The highest BCUT2D eigenvalue weighted by atomic mass is 19.4. The van der Waals surface area contributed by atoms with E-state index in [9.17, 15) is 18.0 Å². The summed E-state index contributed by atoms with van der Waals surface area (Å²) in [6.07, 6.45) is -1.37. The summed E-state index contributed by atoms with van der Waals surface area (Å²) in [6.45, 7) is 6.41. The van der Waals surface area contributed by atoms with Crippen LogP contribution in [-0.4, -0.2) is 11.9 Å². The number of nitrogens with one attached hydrogen (secondary N) is 1. The molecule has 128 valence electrons. The highest BCUT2D eigenvalue weighted by Gasteiger charge is 2.33. The van der Waals surface area contributed by atoms with Crippen molar-refractivity contribution in [3.63, 3.8) is 0 Å². The summed E-state index contributed by atoms with van der Waals surface area (Å²) in [6, 6.07) is 4.64. The maximum Gasteiger partial charge on any atom is 0.416 e. The molecule has 1 aromatic rings. The average Bonchev–Trinajstić information content (AvgIpc) is 2.46. The van der Waals surface area contributed by atoms with Crippen LogP contribution in [0.5, 0.6) is 0 Å². The molecule has 3 atom stereocenters. The Morgan fingerprint density at radius 3 is 2.57 bits per heavy atom. The van der Waals surface area contributed by atoms with Crippen LogP contribution >= 0.6 is 0 Å². The van der Waals surface area contributed by atoms with E-state index < -0.39 is 17.6 Å². The quantitative estimate of drug-likeness (QED) is 0.841. The fraction of sp³-hybridized carbons (Fsp3) is 0.611. The number of carbonyl (C=O) groups excluding carboxylic acids is 1. The van der Waals surface area contributed by atoms with Gasteiger partial charge in [-0.2, -0.15) is 13.2 Å². The Labute approximate surface area is 135 Å². The van der Waals surface area contributed by atoms with E-state index in [4.69, 9.17) is 0 Å². The molecular formula is C18H24F3NO. The zero-order valence-electron chi connectivity index (χ0n) is 13.8. The summed E-state index contributed by atoms with van der Waals surface area (Å²) in [7, 11) is 0. The second kappa shape index (κ2) is 6.93. The third kappa shape index (κ3) is 4.49. The van der Waals surface area contributed by atoms with Crippen molar-refractivity contribution in [1.82, 2.24) is 5.32 Å². The van der Waals surface area contributed by atoms with Crippen LogP contribution in [-0.2, 0) is 6.18 Å². The van der Waals surface area contributed by atoms with Gasteiger partial charge >= 0.3 is 6.18 Å². The minimum absolute atomic E-state index is 0.0285. The largest absolute Gasteiger partial charge is 0.416 e. The molecule has 0 heterocycles. The summed E-state index contributed by atoms with van der Waals surface area (Å²) < 4.78 is 38.3. The Morgan fingerprint density at radius 1 is 1.26 bits per heavy atom. The molecule has 1 amide bonds. The van der Waals surface area contributed by atoms with Crippen LogP contribution < -0.4 is 5.32 Å². The number of benzene rings is 1. The van der Waals surface area contributed by atoms with Gasteiger partial charge in [0.25, 0.3) is 5.91 Å². The summed E-state index contributed by atoms with van der Waals surface area (Å²) in [5.74, 6) is 0.924. The summed E-state index contributed by atoms with van der Waals surface area (Å²) >= 11 is 0. The lowest BCUT2D eigenvalue weighted by Gasteiger charge is -2.37. The zero-order valence-corrected chi connectivity index (χ0v) is 13.8. The van der Waals surface area contributed by atoms with Crippen molar-refractivity contribution in [2.45, 2.75) is 52.3 Å². The third-order valence-corrected chi connectivity index (χ3v) is 4.79. The Bertz CT molecular complexity index is 553. The predicted molar refractivity (Wildman–Crippen MR) is 84.0 cm³/mol. The van der Waals surface area contributed by atoms with Crippen LogP contribution in [0.1, 0.15) is 56.0 Å². The van der Waals surface area contributed by atoms with Crippen molar-refractivity contribution in [2.75, 3.05) is 0 Å². The van der Waals surface area contributed by atoms with Gasteiger partial charge < -0.3 is 5.32 Å².